The minimum atomic E-state index is -3.18. The van der Waals surface area contributed by atoms with Gasteiger partial charge in [-0.3, -0.25) is 9.59 Å². The molecule has 8 atom stereocenters. The second kappa shape index (κ2) is 9.61. The van der Waals surface area contributed by atoms with E-state index in [2.05, 4.69) is 13.8 Å². The van der Waals surface area contributed by atoms with Crippen molar-refractivity contribution >= 4 is 29.6 Å². The summed E-state index contributed by atoms with van der Waals surface area (Å²) in [5.41, 5.74) is -0.476. The van der Waals surface area contributed by atoms with E-state index in [1.165, 1.54) is 7.11 Å². The number of amides is 1. The zero-order valence-electron chi connectivity index (χ0n) is 23.7. The summed E-state index contributed by atoms with van der Waals surface area (Å²) in [5.74, 6) is 0.916. The first-order valence-corrected chi connectivity index (χ1v) is 16.5. The molecule has 1 heterocycles. The smallest absolute Gasteiger partial charge is 0.310 e. The van der Waals surface area contributed by atoms with Crippen molar-refractivity contribution in [2.24, 2.45) is 34.5 Å². The molecule has 208 valence electrons. The van der Waals surface area contributed by atoms with Gasteiger partial charge in [0.1, 0.15) is 7.14 Å². The molecule has 0 N–H and O–H groups in total. The number of carbonyl (C=O) groups excluding carboxylic acids is 2. The summed E-state index contributed by atoms with van der Waals surface area (Å²) < 4.78 is 21.1. The van der Waals surface area contributed by atoms with Gasteiger partial charge < -0.3 is 14.2 Å². The molecule has 1 saturated heterocycles. The first-order chi connectivity index (χ1) is 18.7. The molecular weight excluding hydrogens is 505 g/mol. The van der Waals surface area contributed by atoms with E-state index in [9.17, 15) is 9.59 Å². The fraction of sp³-hybridized carbons (Fsp3) is 0.576. The molecule has 5 nitrogen and oxygen atoms in total. The highest BCUT2D eigenvalue weighted by atomic mass is 31.2. The lowest BCUT2D eigenvalue weighted by Gasteiger charge is -2.61. The van der Waals surface area contributed by atoms with Crippen LogP contribution >= 0.6 is 7.14 Å². The van der Waals surface area contributed by atoms with E-state index >= 15 is 4.57 Å². The molecule has 2 aromatic rings. The monoisotopic (exact) mass is 547 g/mol. The van der Waals surface area contributed by atoms with Crippen molar-refractivity contribution in [1.82, 2.24) is 4.90 Å². The lowest BCUT2D eigenvalue weighted by atomic mass is 9.47. The highest BCUT2D eigenvalue weighted by Crippen LogP contribution is 2.71. The number of hydrogen-bond acceptors (Lipinski definition) is 4. The lowest BCUT2D eigenvalue weighted by Crippen LogP contribution is -2.61. The van der Waals surface area contributed by atoms with Crippen LogP contribution in [-0.2, 0) is 18.9 Å². The highest BCUT2D eigenvalue weighted by molar-refractivity contribution is 7.79. The summed E-state index contributed by atoms with van der Waals surface area (Å²) in [7, 11) is 0.302. The minimum Gasteiger partial charge on any atom is -0.469 e. The largest absolute Gasteiger partial charge is 0.469 e. The summed E-state index contributed by atoms with van der Waals surface area (Å²) in [4.78, 5) is 28.4. The average molecular weight is 548 g/mol. The highest BCUT2D eigenvalue weighted by Gasteiger charge is 2.67. The summed E-state index contributed by atoms with van der Waals surface area (Å²) in [6.45, 7) is 4.71. The van der Waals surface area contributed by atoms with Crippen LogP contribution in [0.15, 0.2) is 60.7 Å². The molecule has 1 amide bonds. The Kier molecular flexibility index (Phi) is 6.61. The van der Waals surface area contributed by atoms with Crippen LogP contribution in [0.3, 0.4) is 0 Å². The number of nitrogens with zero attached hydrogens (tertiary/aromatic N) is 1. The topological polar surface area (TPSA) is 63.7 Å². The van der Waals surface area contributed by atoms with Crippen LogP contribution in [-0.4, -0.2) is 42.6 Å². The second-order valence-corrected chi connectivity index (χ2v) is 16.2. The molecule has 0 aromatic heterocycles. The summed E-state index contributed by atoms with van der Waals surface area (Å²) >= 11 is 0. The van der Waals surface area contributed by atoms with Crippen LogP contribution in [0.25, 0.3) is 0 Å². The molecule has 3 aliphatic carbocycles. The third kappa shape index (κ3) is 3.82. The molecular formula is C33H42NO4P. The maximum atomic E-state index is 15.6. The Bertz CT molecular complexity index is 1250. The number of rotatable bonds is 4. The molecule has 0 spiro atoms. The first kappa shape index (κ1) is 26.8. The Hall–Kier alpha value is -2.39. The van der Waals surface area contributed by atoms with E-state index in [0.29, 0.717) is 24.2 Å². The molecule has 4 fully saturated rings. The Morgan fingerprint density at radius 1 is 0.897 bits per heavy atom. The van der Waals surface area contributed by atoms with Crippen LogP contribution in [0.4, 0.5) is 0 Å². The zero-order valence-corrected chi connectivity index (χ0v) is 24.6. The number of piperidine rings is 1. The number of likely N-dealkylation sites (tertiary alicyclic amines) is 1. The van der Waals surface area contributed by atoms with E-state index in [1.807, 2.05) is 72.6 Å². The third-order valence-electron chi connectivity index (χ3n) is 11.8. The van der Waals surface area contributed by atoms with Gasteiger partial charge in [-0.15, -0.1) is 0 Å². The van der Waals surface area contributed by atoms with Gasteiger partial charge in [-0.25, -0.2) is 0 Å². The number of methoxy groups -OCH3 is 1. The van der Waals surface area contributed by atoms with Crippen molar-refractivity contribution < 1.29 is 18.9 Å². The van der Waals surface area contributed by atoms with Crippen molar-refractivity contribution in [3.05, 3.63) is 60.7 Å². The molecule has 1 unspecified atom stereocenters. The zero-order chi connectivity index (χ0) is 27.6. The fourth-order valence-corrected chi connectivity index (χ4v) is 13.6. The predicted molar refractivity (Wildman–Crippen MR) is 155 cm³/mol. The Morgan fingerprint density at radius 2 is 1.51 bits per heavy atom. The minimum absolute atomic E-state index is 0.0916. The Labute approximate surface area is 233 Å². The molecule has 3 saturated carbocycles. The van der Waals surface area contributed by atoms with Crippen LogP contribution in [0.2, 0.25) is 0 Å². The van der Waals surface area contributed by atoms with Crippen molar-refractivity contribution in [3.8, 4) is 0 Å². The number of fused-ring (bicyclic) bond motifs is 5. The molecule has 6 heteroatoms. The summed E-state index contributed by atoms with van der Waals surface area (Å²) in [6, 6.07) is 20.0. The lowest BCUT2D eigenvalue weighted by molar-refractivity contribution is -0.164. The maximum absolute atomic E-state index is 15.6. The number of ether oxygens (including phenoxy) is 1. The van der Waals surface area contributed by atoms with Crippen molar-refractivity contribution in [2.75, 3.05) is 14.2 Å². The maximum Gasteiger partial charge on any atom is 0.310 e. The van der Waals surface area contributed by atoms with Crippen molar-refractivity contribution in [1.29, 1.82) is 0 Å². The number of carbonyl (C=O) groups is 2. The Morgan fingerprint density at radius 3 is 2.10 bits per heavy atom. The normalized spacial score (nSPS) is 37.9. The molecule has 2 aromatic carbocycles. The van der Waals surface area contributed by atoms with Crippen LogP contribution in [0.1, 0.15) is 58.8 Å². The third-order valence-corrected chi connectivity index (χ3v) is 15.4. The SMILES string of the molecule is COC(=O)[C@H]1[C@H](P(=O)(c2ccccc2)c2ccccc2)C[C@H]2[C@@H]3CCC4N(C)C(=O)CC[C@]4(C)[C@H]3CC[C@@]21C. The van der Waals surface area contributed by atoms with Crippen molar-refractivity contribution in [2.45, 2.75) is 70.5 Å². The predicted octanol–water partition coefficient (Wildman–Crippen LogP) is 5.63. The molecule has 6 rings (SSSR count). The van der Waals surface area contributed by atoms with E-state index in [1.54, 1.807) is 0 Å². The molecule has 0 bridgehead atoms. The first-order valence-electron chi connectivity index (χ1n) is 14.7. The van der Waals surface area contributed by atoms with Gasteiger partial charge in [0.25, 0.3) is 0 Å². The number of benzene rings is 2. The van der Waals surface area contributed by atoms with E-state index in [0.717, 1.165) is 49.1 Å². The summed E-state index contributed by atoms with van der Waals surface area (Å²) in [5, 5.41) is 1.66. The van der Waals surface area contributed by atoms with Crippen LogP contribution < -0.4 is 10.6 Å². The van der Waals surface area contributed by atoms with Crippen LogP contribution in [0, 0.1) is 34.5 Å². The van der Waals surface area contributed by atoms with Gasteiger partial charge in [0, 0.05) is 35.8 Å². The summed E-state index contributed by atoms with van der Waals surface area (Å²) in [6.07, 6.45) is 6.39. The van der Waals surface area contributed by atoms with Gasteiger partial charge in [-0.1, -0.05) is 74.5 Å². The van der Waals surface area contributed by atoms with Gasteiger partial charge in [0.15, 0.2) is 0 Å². The second-order valence-electron chi connectivity index (χ2n) is 13.2. The number of hydrogen-bond donors (Lipinski definition) is 0. The van der Waals surface area contributed by atoms with E-state index in [4.69, 9.17) is 4.74 Å². The fourth-order valence-electron chi connectivity index (χ4n) is 9.91. The van der Waals surface area contributed by atoms with Crippen LogP contribution in [0.5, 0.6) is 0 Å². The van der Waals surface area contributed by atoms with Crippen molar-refractivity contribution in [3.63, 3.8) is 0 Å². The van der Waals surface area contributed by atoms with E-state index in [-0.39, 0.29) is 34.4 Å². The van der Waals surface area contributed by atoms with Gasteiger partial charge in [-0.05, 0) is 67.1 Å². The number of esters is 1. The molecule has 39 heavy (non-hydrogen) atoms. The Balaban J connectivity index is 1.45. The van der Waals surface area contributed by atoms with Gasteiger partial charge in [-0.2, -0.15) is 0 Å². The quantitative estimate of drug-likeness (QED) is 0.368. The van der Waals surface area contributed by atoms with Gasteiger partial charge in [0.2, 0.25) is 5.91 Å². The average Bonchev–Trinajstić information content (AvgIpc) is 3.29. The van der Waals surface area contributed by atoms with E-state index < -0.39 is 13.1 Å². The molecule has 1 aliphatic heterocycles. The van der Waals surface area contributed by atoms with Gasteiger partial charge >= 0.3 is 5.97 Å². The van der Waals surface area contributed by atoms with Gasteiger partial charge in [0.05, 0.1) is 13.0 Å². The molecule has 4 aliphatic rings. The standard InChI is InChI=1S/C33H42NO4P/c1-32-20-18-29(35)34(3)28(32)16-15-24-25(32)17-19-33(2)26(24)21-27(30(33)31(36)38-4)39(37,22-11-7-5-8-12-22)23-13-9-6-10-14-23/h5-14,24-28,30H,15-21H2,1-4H3/t24-,25+,26+,27-,28?,30-,32-,33+/m1/s1. The molecule has 0 radical (unpaired) electrons.